The summed E-state index contributed by atoms with van der Waals surface area (Å²) in [5, 5.41) is 5.37. The summed E-state index contributed by atoms with van der Waals surface area (Å²) < 4.78 is 18.3. The van der Waals surface area contributed by atoms with Crippen molar-refractivity contribution >= 4 is 23.3 Å². The number of benzene rings is 2. The van der Waals surface area contributed by atoms with Crippen molar-refractivity contribution in [3.63, 3.8) is 0 Å². The molecule has 0 saturated carbocycles. The first kappa shape index (κ1) is 16.5. The first-order valence-electron chi connectivity index (χ1n) is 6.98. The van der Waals surface area contributed by atoms with E-state index >= 15 is 0 Å². The molecule has 2 aromatic rings. The van der Waals surface area contributed by atoms with Gasteiger partial charge in [-0.1, -0.05) is 12.1 Å². The molecule has 0 unspecified atom stereocenters. The number of halogens is 1. The van der Waals surface area contributed by atoms with E-state index in [1.165, 1.54) is 13.2 Å². The second-order valence-electron chi connectivity index (χ2n) is 4.95. The van der Waals surface area contributed by atoms with Gasteiger partial charge in [-0.05, 0) is 42.8 Å². The van der Waals surface area contributed by atoms with Gasteiger partial charge in [-0.25, -0.2) is 4.39 Å². The summed E-state index contributed by atoms with van der Waals surface area (Å²) in [6, 6.07) is 11.4. The lowest BCUT2D eigenvalue weighted by molar-refractivity contribution is -0.139. The Kier molecular flexibility index (Phi) is 5.30. The number of rotatable bonds is 5. The number of methoxy groups -OCH3 is 1. The number of carbonyl (C=O) groups excluding carboxylic acids is 2. The molecule has 0 radical (unpaired) electrons. The average Bonchev–Trinajstić information content (AvgIpc) is 2.55. The molecule has 5 nitrogen and oxygen atoms in total. The van der Waals surface area contributed by atoms with Crippen molar-refractivity contribution in [1.82, 2.24) is 5.32 Å². The molecule has 1 amide bonds. The Hall–Kier alpha value is -2.89. The maximum absolute atomic E-state index is 13.9. The fraction of sp³-hybridized carbons (Fsp3) is 0.176. The molecule has 120 valence electrons. The SMILES string of the molecule is COC(=O)CNC(=O)c1cccc(Nc2ccc(C)cc2F)c1. The van der Waals surface area contributed by atoms with Crippen molar-refractivity contribution in [3.05, 3.63) is 59.4 Å². The fourth-order valence-corrected chi connectivity index (χ4v) is 1.94. The van der Waals surface area contributed by atoms with Crippen LogP contribution >= 0.6 is 0 Å². The van der Waals surface area contributed by atoms with E-state index in [1.807, 2.05) is 0 Å². The van der Waals surface area contributed by atoms with Crippen LogP contribution < -0.4 is 10.6 Å². The molecule has 0 aliphatic heterocycles. The Morgan fingerprint density at radius 2 is 1.96 bits per heavy atom. The molecular formula is C17H17FN2O3. The van der Waals surface area contributed by atoms with Crippen molar-refractivity contribution in [1.29, 1.82) is 0 Å². The van der Waals surface area contributed by atoms with Crippen LogP contribution in [0.4, 0.5) is 15.8 Å². The summed E-state index contributed by atoms with van der Waals surface area (Å²) in [5.41, 5.74) is 2.07. The van der Waals surface area contributed by atoms with Gasteiger partial charge in [-0.15, -0.1) is 0 Å². The third-order valence-electron chi connectivity index (χ3n) is 3.15. The number of hydrogen-bond acceptors (Lipinski definition) is 4. The highest BCUT2D eigenvalue weighted by molar-refractivity contribution is 5.96. The van der Waals surface area contributed by atoms with E-state index in [1.54, 1.807) is 43.3 Å². The number of ether oxygens (including phenoxy) is 1. The van der Waals surface area contributed by atoms with Gasteiger partial charge < -0.3 is 15.4 Å². The van der Waals surface area contributed by atoms with Gasteiger partial charge >= 0.3 is 5.97 Å². The summed E-state index contributed by atoms with van der Waals surface area (Å²) in [6.07, 6.45) is 0. The first-order valence-corrected chi connectivity index (χ1v) is 6.98. The van der Waals surface area contributed by atoms with Crippen LogP contribution in [-0.4, -0.2) is 25.5 Å². The molecular weight excluding hydrogens is 299 g/mol. The maximum atomic E-state index is 13.9. The molecule has 0 atom stereocenters. The Labute approximate surface area is 133 Å². The summed E-state index contributed by atoms with van der Waals surface area (Å²) in [7, 11) is 1.25. The van der Waals surface area contributed by atoms with Gasteiger partial charge in [-0.2, -0.15) is 0 Å². The molecule has 23 heavy (non-hydrogen) atoms. The van der Waals surface area contributed by atoms with E-state index in [9.17, 15) is 14.0 Å². The van der Waals surface area contributed by atoms with Crippen LogP contribution in [0.3, 0.4) is 0 Å². The fourth-order valence-electron chi connectivity index (χ4n) is 1.94. The molecule has 0 aromatic heterocycles. The van der Waals surface area contributed by atoms with Crippen LogP contribution in [0.5, 0.6) is 0 Å². The average molecular weight is 316 g/mol. The quantitative estimate of drug-likeness (QED) is 0.832. The third kappa shape index (κ3) is 4.54. The van der Waals surface area contributed by atoms with Crippen molar-refractivity contribution in [2.45, 2.75) is 6.92 Å². The topological polar surface area (TPSA) is 67.4 Å². The second-order valence-corrected chi connectivity index (χ2v) is 4.95. The molecule has 0 spiro atoms. The van der Waals surface area contributed by atoms with Crippen molar-refractivity contribution in [2.75, 3.05) is 19.0 Å². The number of carbonyl (C=O) groups is 2. The zero-order chi connectivity index (χ0) is 16.8. The monoisotopic (exact) mass is 316 g/mol. The summed E-state index contributed by atoms with van der Waals surface area (Å²) in [5.74, 6) is -1.32. The van der Waals surface area contributed by atoms with Gasteiger partial charge in [0.15, 0.2) is 0 Å². The number of aryl methyl sites for hydroxylation is 1. The van der Waals surface area contributed by atoms with E-state index in [0.29, 0.717) is 16.9 Å². The number of amides is 1. The van der Waals surface area contributed by atoms with Crippen LogP contribution in [-0.2, 0) is 9.53 Å². The minimum absolute atomic E-state index is 0.209. The summed E-state index contributed by atoms with van der Waals surface area (Å²) >= 11 is 0. The standard InChI is InChI=1S/C17H17FN2O3/c1-11-6-7-15(14(18)8-11)20-13-5-3-4-12(9-13)17(22)19-10-16(21)23-2/h3-9,20H,10H2,1-2H3,(H,19,22). The maximum Gasteiger partial charge on any atom is 0.325 e. The Morgan fingerprint density at radius 1 is 1.17 bits per heavy atom. The van der Waals surface area contributed by atoms with Gasteiger partial charge in [0.2, 0.25) is 0 Å². The number of nitrogens with one attached hydrogen (secondary N) is 2. The smallest absolute Gasteiger partial charge is 0.325 e. The second kappa shape index (κ2) is 7.40. The highest BCUT2D eigenvalue weighted by Gasteiger charge is 2.09. The van der Waals surface area contributed by atoms with Gasteiger partial charge in [0.1, 0.15) is 12.4 Å². The van der Waals surface area contributed by atoms with Gasteiger partial charge in [0, 0.05) is 11.3 Å². The van der Waals surface area contributed by atoms with Crippen molar-refractivity contribution < 1.29 is 18.7 Å². The molecule has 0 saturated heterocycles. The molecule has 0 heterocycles. The Morgan fingerprint density at radius 3 is 2.65 bits per heavy atom. The number of esters is 1. The minimum atomic E-state index is -0.533. The lowest BCUT2D eigenvalue weighted by atomic mass is 10.1. The highest BCUT2D eigenvalue weighted by atomic mass is 19.1. The highest BCUT2D eigenvalue weighted by Crippen LogP contribution is 2.21. The summed E-state index contributed by atoms with van der Waals surface area (Å²) in [4.78, 5) is 23.0. The van der Waals surface area contributed by atoms with E-state index in [4.69, 9.17) is 0 Å². The molecule has 0 fully saturated rings. The van der Waals surface area contributed by atoms with E-state index in [-0.39, 0.29) is 12.4 Å². The zero-order valence-electron chi connectivity index (χ0n) is 12.9. The van der Waals surface area contributed by atoms with Gasteiger partial charge in [0.25, 0.3) is 5.91 Å². The lowest BCUT2D eigenvalue weighted by Crippen LogP contribution is -2.30. The van der Waals surface area contributed by atoms with Crippen LogP contribution in [0.15, 0.2) is 42.5 Å². The first-order chi connectivity index (χ1) is 11.0. The molecule has 2 aromatic carbocycles. The minimum Gasteiger partial charge on any atom is -0.468 e. The van der Waals surface area contributed by atoms with Crippen LogP contribution in [0.1, 0.15) is 15.9 Å². The van der Waals surface area contributed by atoms with Gasteiger partial charge in [0.05, 0.1) is 12.8 Å². The molecule has 0 bridgehead atoms. The Bertz CT molecular complexity index is 732. The predicted molar refractivity (Wildman–Crippen MR) is 85.2 cm³/mol. The predicted octanol–water partition coefficient (Wildman–Crippen LogP) is 2.78. The van der Waals surface area contributed by atoms with E-state index < -0.39 is 11.9 Å². The van der Waals surface area contributed by atoms with E-state index in [0.717, 1.165) is 5.56 Å². The van der Waals surface area contributed by atoms with Crippen LogP contribution in [0.25, 0.3) is 0 Å². The zero-order valence-corrected chi connectivity index (χ0v) is 12.9. The Balaban J connectivity index is 2.10. The number of anilines is 2. The normalized spacial score (nSPS) is 10.0. The lowest BCUT2D eigenvalue weighted by Gasteiger charge is -2.10. The molecule has 6 heteroatoms. The van der Waals surface area contributed by atoms with Crippen LogP contribution in [0.2, 0.25) is 0 Å². The molecule has 2 rings (SSSR count). The molecule has 0 aliphatic rings. The number of hydrogen-bond donors (Lipinski definition) is 2. The van der Waals surface area contributed by atoms with Crippen molar-refractivity contribution in [2.24, 2.45) is 0 Å². The summed E-state index contributed by atoms with van der Waals surface area (Å²) in [6.45, 7) is 1.60. The molecule has 0 aliphatic carbocycles. The van der Waals surface area contributed by atoms with E-state index in [2.05, 4.69) is 15.4 Å². The largest absolute Gasteiger partial charge is 0.468 e. The van der Waals surface area contributed by atoms with Crippen LogP contribution in [0, 0.1) is 12.7 Å². The third-order valence-corrected chi connectivity index (χ3v) is 3.15. The van der Waals surface area contributed by atoms with Crippen molar-refractivity contribution in [3.8, 4) is 0 Å². The molecule has 2 N–H and O–H groups in total. The van der Waals surface area contributed by atoms with Gasteiger partial charge in [-0.3, -0.25) is 9.59 Å².